The standard InChI is InChI=1S/C8H10O2S/c1-4-5-2-3-6(11-5)7(4)8(9)10/h2-7H,1H3,(H,9,10). The summed E-state index contributed by atoms with van der Waals surface area (Å²) >= 11 is 1.78. The summed E-state index contributed by atoms with van der Waals surface area (Å²) in [6.07, 6.45) is 4.17. The van der Waals surface area contributed by atoms with Crippen LogP contribution in [0.4, 0.5) is 0 Å². The highest BCUT2D eigenvalue weighted by Crippen LogP contribution is 2.48. The molecule has 2 heterocycles. The smallest absolute Gasteiger partial charge is 0.308 e. The van der Waals surface area contributed by atoms with Gasteiger partial charge in [-0.3, -0.25) is 4.79 Å². The number of carboxylic acid groups (broad SMARTS) is 1. The average molecular weight is 170 g/mol. The monoisotopic (exact) mass is 170 g/mol. The Morgan fingerprint density at radius 1 is 1.45 bits per heavy atom. The number of carbonyl (C=O) groups is 1. The van der Waals surface area contributed by atoms with Crippen molar-refractivity contribution in [3.05, 3.63) is 12.2 Å². The second-order valence-electron chi connectivity index (χ2n) is 3.17. The normalized spacial score (nSPS) is 46.6. The van der Waals surface area contributed by atoms with Crippen LogP contribution in [0.25, 0.3) is 0 Å². The largest absolute Gasteiger partial charge is 0.481 e. The van der Waals surface area contributed by atoms with Gasteiger partial charge in [0.15, 0.2) is 0 Å². The van der Waals surface area contributed by atoms with Crippen molar-refractivity contribution in [3.8, 4) is 0 Å². The third kappa shape index (κ3) is 0.906. The van der Waals surface area contributed by atoms with Gasteiger partial charge in [0.25, 0.3) is 0 Å². The first kappa shape index (κ1) is 7.22. The van der Waals surface area contributed by atoms with E-state index in [2.05, 4.69) is 6.08 Å². The zero-order chi connectivity index (χ0) is 8.01. The van der Waals surface area contributed by atoms with Crippen LogP contribution >= 0.6 is 11.8 Å². The Balaban J connectivity index is 2.25. The van der Waals surface area contributed by atoms with Crippen LogP contribution in [0, 0.1) is 11.8 Å². The molecular weight excluding hydrogens is 160 g/mol. The summed E-state index contributed by atoms with van der Waals surface area (Å²) in [5, 5.41) is 9.56. The Labute approximate surface area is 69.7 Å². The summed E-state index contributed by atoms with van der Waals surface area (Å²) in [4.78, 5) is 10.8. The molecule has 2 nitrogen and oxygen atoms in total. The van der Waals surface area contributed by atoms with Crippen molar-refractivity contribution in [2.24, 2.45) is 11.8 Å². The lowest BCUT2D eigenvalue weighted by molar-refractivity contribution is -0.142. The van der Waals surface area contributed by atoms with Gasteiger partial charge < -0.3 is 5.11 Å². The van der Waals surface area contributed by atoms with E-state index in [9.17, 15) is 4.79 Å². The predicted molar refractivity (Wildman–Crippen MR) is 44.6 cm³/mol. The second kappa shape index (κ2) is 2.27. The summed E-state index contributed by atoms with van der Waals surface area (Å²) in [6, 6.07) is 0. The molecule has 4 atom stereocenters. The van der Waals surface area contributed by atoms with Crippen molar-refractivity contribution in [2.45, 2.75) is 17.4 Å². The minimum Gasteiger partial charge on any atom is -0.481 e. The highest BCUT2D eigenvalue weighted by atomic mass is 32.2. The molecule has 3 heteroatoms. The third-order valence-electron chi connectivity index (χ3n) is 2.53. The zero-order valence-electron chi connectivity index (χ0n) is 6.23. The van der Waals surface area contributed by atoms with Crippen molar-refractivity contribution in [1.82, 2.24) is 0 Å². The molecule has 2 bridgehead atoms. The fourth-order valence-corrected chi connectivity index (χ4v) is 3.54. The van der Waals surface area contributed by atoms with E-state index in [4.69, 9.17) is 5.11 Å². The molecule has 0 saturated carbocycles. The topological polar surface area (TPSA) is 37.3 Å². The second-order valence-corrected chi connectivity index (χ2v) is 4.53. The summed E-state index contributed by atoms with van der Waals surface area (Å²) < 4.78 is 0. The van der Waals surface area contributed by atoms with Crippen LogP contribution < -0.4 is 0 Å². The zero-order valence-corrected chi connectivity index (χ0v) is 7.04. The van der Waals surface area contributed by atoms with E-state index >= 15 is 0 Å². The van der Waals surface area contributed by atoms with E-state index < -0.39 is 5.97 Å². The number of aliphatic carboxylic acids is 1. The number of hydrogen-bond acceptors (Lipinski definition) is 2. The molecule has 0 aromatic rings. The van der Waals surface area contributed by atoms with Crippen LogP contribution in [-0.2, 0) is 4.79 Å². The molecule has 2 aliphatic heterocycles. The van der Waals surface area contributed by atoms with Gasteiger partial charge in [-0.15, -0.1) is 11.8 Å². The Morgan fingerprint density at radius 2 is 2.09 bits per heavy atom. The molecule has 0 aromatic carbocycles. The molecule has 0 amide bonds. The van der Waals surface area contributed by atoms with E-state index in [1.165, 1.54) is 0 Å². The molecule has 1 N–H and O–H groups in total. The average Bonchev–Trinajstić information content (AvgIpc) is 2.44. The molecule has 11 heavy (non-hydrogen) atoms. The van der Waals surface area contributed by atoms with E-state index in [0.29, 0.717) is 11.2 Å². The number of rotatable bonds is 1. The lowest BCUT2D eigenvalue weighted by Gasteiger charge is -2.18. The van der Waals surface area contributed by atoms with Gasteiger partial charge in [-0.2, -0.15) is 0 Å². The molecule has 0 radical (unpaired) electrons. The molecule has 1 saturated heterocycles. The quantitative estimate of drug-likeness (QED) is 0.604. The minimum absolute atomic E-state index is 0.144. The van der Waals surface area contributed by atoms with Crippen LogP contribution in [0.2, 0.25) is 0 Å². The Hall–Kier alpha value is -0.440. The highest BCUT2D eigenvalue weighted by Gasteiger charge is 2.46. The van der Waals surface area contributed by atoms with Gasteiger partial charge in [0.2, 0.25) is 0 Å². The Kier molecular flexibility index (Phi) is 1.49. The molecule has 4 unspecified atom stereocenters. The van der Waals surface area contributed by atoms with Gasteiger partial charge in [0.05, 0.1) is 5.92 Å². The molecule has 0 spiro atoms. The molecular formula is C8H10O2S. The maximum Gasteiger partial charge on any atom is 0.308 e. The fourth-order valence-electron chi connectivity index (χ4n) is 1.86. The molecule has 0 aliphatic carbocycles. The SMILES string of the molecule is CC1C2C=CC(S2)C1C(=O)O. The summed E-state index contributed by atoms with van der Waals surface area (Å²) in [6.45, 7) is 2.03. The summed E-state index contributed by atoms with van der Waals surface area (Å²) in [5.74, 6) is -0.468. The van der Waals surface area contributed by atoms with Gasteiger partial charge in [0, 0.05) is 10.5 Å². The first-order valence-corrected chi connectivity index (χ1v) is 4.71. The maximum absolute atomic E-state index is 10.8. The van der Waals surface area contributed by atoms with E-state index in [1.54, 1.807) is 11.8 Å². The molecule has 1 fully saturated rings. The van der Waals surface area contributed by atoms with Gasteiger partial charge in [-0.25, -0.2) is 0 Å². The van der Waals surface area contributed by atoms with Crippen molar-refractivity contribution >= 4 is 17.7 Å². The highest BCUT2D eigenvalue weighted by molar-refractivity contribution is 8.01. The van der Waals surface area contributed by atoms with Crippen LogP contribution in [-0.4, -0.2) is 21.6 Å². The molecule has 60 valence electrons. The first-order chi connectivity index (χ1) is 5.20. The lowest BCUT2D eigenvalue weighted by Crippen LogP contribution is -2.28. The number of fused-ring (bicyclic) bond motifs is 2. The van der Waals surface area contributed by atoms with Crippen molar-refractivity contribution < 1.29 is 9.90 Å². The van der Waals surface area contributed by atoms with Crippen molar-refractivity contribution in [3.63, 3.8) is 0 Å². The van der Waals surface area contributed by atoms with Crippen LogP contribution in [0.3, 0.4) is 0 Å². The molecule has 2 aliphatic rings. The molecule has 2 rings (SSSR count). The Morgan fingerprint density at radius 3 is 2.45 bits per heavy atom. The van der Waals surface area contributed by atoms with Gasteiger partial charge in [0.1, 0.15) is 0 Å². The number of thioether (sulfide) groups is 1. The van der Waals surface area contributed by atoms with Crippen molar-refractivity contribution in [1.29, 1.82) is 0 Å². The minimum atomic E-state index is -0.637. The Bertz CT molecular complexity index is 224. The summed E-state index contributed by atoms with van der Waals surface area (Å²) in [5.41, 5.74) is 0. The summed E-state index contributed by atoms with van der Waals surface area (Å²) in [7, 11) is 0. The van der Waals surface area contributed by atoms with Gasteiger partial charge in [-0.1, -0.05) is 19.1 Å². The van der Waals surface area contributed by atoms with Gasteiger partial charge in [-0.05, 0) is 5.92 Å². The van der Waals surface area contributed by atoms with Crippen LogP contribution in [0.5, 0.6) is 0 Å². The van der Waals surface area contributed by atoms with E-state index in [0.717, 1.165) is 0 Å². The number of carboxylic acids is 1. The number of hydrogen-bond donors (Lipinski definition) is 1. The predicted octanol–water partition coefficient (Wildman–Crippen LogP) is 1.38. The van der Waals surface area contributed by atoms with E-state index in [1.807, 2.05) is 13.0 Å². The van der Waals surface area contributed by atoms with Crippen LogP contribution in [0.15, 0.2) is 12.2 Å². The first-order valence-electron chi connectivity index (χ1n) is 3.77. The van der Waals surface area contributed by atoms with E-state index in [-0.39, 0.29) is 11.2 Å². The van der Waals surface area contributed by atoms with Crippen LogP contribution in [0.1, 0.15) is 6.92 Å². The van der Waals surface area contributed by atoms with Gasteiger partial charge >= 0.3 is 5.97 Å². The van der Waals surface area contributed by atoms with Crippen molar-refractivity contribution in [2.75, 3.05) is 0 Å². The maximum atomic E-state index is 10.8. The lowest BCUT2D eigenvalue weighted by atomic mass is 9.85. The molecule has 0 aromatic heterocycles. The third-order valence-corrected chi connectivity index (χ3v) is 4.19. The fraction of sp³-hybridized carbons (Fsp3) is 0.625.